The van der Waals surface area contributed by atoms with Crippen molar-refractivity contribution in [2.24, 2.45) is 0 Å². The summed E-state index contributed by atoms with van der Waals surface area (Å²) in [6.45, 7) is 0.969. The highest BCUT2D eigenvalue weighted by molar-refractivity contribution is 9.10. The summed E-state index contributed by atoms with van der Waals surface area (Å²) in [6, 6.07) is 1.94. The summed E-state index contributed by atoms with van der Waals surface area (Å²) >= 11 is 11.0. The summed E-state index contributed by atoms with van der Waals surface area (Å²) in [5.74, 6) is 1.18. The van der Waals surface area contributed by atoms with Crippen LogP contribution in [0, 0.1) is 0 Å². The quantitative estimate of drug-likeness (QED) is 0.663. The van der Waals surface area contributed by atoms with Crippen LogP contribution in [0.5, 0.6) is 0 Å². The van der Waals surface area contributed by atoms with E-state index in [2.05, 4.69) is 32.5 Å². The maximum Gasteiger partial charge on any atom is 0.143 e. The summed E-state index contributed by atoms with van der Waals surface area (Å²) in [5.41, 5.74) is 1.00. The molecule has 1 aromatic heterocycles. The van der Waals surface area contributed by atoms with E-state index in [1.165, 1.54) is 5.75 Å². The van der Waals surface area contributed by atoms with E-state index in [9.17, 15) is 0 Å². The van der Waals surface area contributed by atoms with E-state index in [0.29, 0.717) is 5.15 Å². The van der Waals surface area contributed by atoms with Gasteiger partial charge in [0.05, 0.1) is 16.4 Å². The topological polar surface area (TPSA) is 24.9 Å². The zero-order chi connectivity index (χ0) is 10.4. The first-order chi connectivity index (χ1) is 6.74. The van der Waals surface area contributed by atoms with Gasteiger partial charge in [-0.1, -0.05) is 11.6 Å². The van der Waals surface area contributed by atoms with E-state index in [1.54, 1.807) is 6.20 Å². The number of aromatic nitrogens is 1. The summed E-state index contributed by atoms with van der Waals surface area (Å²) < 4.78 is 0.828. The Morgan fingerprint density at radius 2 is 2.43 bits per heavy atom. The molecule has 1 aromatic rings. The fraction of sp³-hybridized carbons (Fsp3) is 0.444. The van der Waals surface area contributed by atoms with Crippen LogP contribution in [0.15, 0.2) is 16.7 Å². The van der Waals surface area contributed by atoms with Gasteiger partial charge in [-0.25, -0.2) is 4.98 Å². The highest BCUT2D eigenvalue weighted by Gasteiger charge is 1.99. The molecule has 0 unspecified atom stereocenters. The van der Waals surface area contributed by atoms with E-state index in [4.69, 9.17) is 11.6 Å². The fourth-order valence-corrected chi connectivity index (χ4v) is 1.85. The van der Waals surface area contributed by atoms with Crippen LogP contribution in [-0.4, -0.2) is 23.5 Å². The molecule has 0 amide bonds. The average Bonchev–Trinajstić information content (AvgIpc) is 2.18. The predicted molar refractivity (Wildman–Crippen MR) is 68.4 cm³/mol. The van der Waals surface area contributed by atoms with Crippen molar-refractivity contribution in [3.8, 4) is 0 Å². The Labute approximate surface area is 102 Å². The second-order valence-electron chi connectivity index (χ2n) is 2.77. The minimum Gasteiger partial charge on any atom is -0.384 e. The monoisotopic (exact) mass is 294 g/mol. The van der Waals surface area contributed by atoms with Gasteiger partial charge in [0.1, 0.15) is 5.15 Å². The molecule has 5 heteroatoms. The van der Waals surface area contributed by atoms with Crippen molar-refractivity contribution in [1.29, 1.82) is 0 Å². The summed E-state index contributed by atoms with van der Waals surface area (Å²) in [4.78, 5) is 4.03. The predicted octanol–water partition coefficient (Wildman–Crippen LogP) is 3.66. The first kappa shape index (κ1) is 12.1. The number of halogens is 2. The van der Waals surface area contributed by atoms with Gasteiger partial charge < -0.3 is 5.32 Å². The van der Waals surface area contributed by atoms with Crippen LogP contribution < -0.4 is 5.32 Å². The van der Waals surface area contributed by atoms with Crippen LogP contribution in [0.1, 0.15) is 6.42 Å². The standard InChI is InChI=1S/C9H12BrClN2S/c1-14-4-2-3-12-7-5-8(10)9(11)13-6-7/h5-6,12H,2-4H2,1H3. The van der Waals surface area contributed by atoms with Gasteiger partial charge in [0.2, 0.25) is 0 Å². The Bertz CT molecular complexity index is 296. The second-order valence-corrected chi connectivity index (χ2v) is 4.97. The Morgan fingerprint density at radius 3 is 3.07 bits per heavy atom. The lowest BCUT2D eigenvalue weighted by atomic mass is 10.4. The van der Waals surface area contributed by atoms with Crippen molar-refractivity contribution >= 4 is 45.0 Å². The number of nitrogens with zero attached hydrogens (tertiary/aromatic N) is 1. The van der Waals surface area contributed by atoms with Crippen LogP contribution in [-0.2, 0) is 0 Å². The zero-order valence-corrected chi connectivity index (χ0v) is 11.0. The van der Waals surface area contributed by atoms with Crippen molar-refractivity contribution < 1.29 is 0 Å². The van der Waals surface area contributed by atoms with Crippen molar-refractivity contribution in [2.75, 3.05) is 23.9 Å². The van der Waals surface area contributed by atoms with Crippen molar-refractivity contribution in [3.05, 3.63) is 21.9 Å². The Morgan fingerprint density at radius 1 is 1.64 bits per heavy atom. The molecular formula is C9H12BrClN2S. The highest BCUT2D eigenvalue weighted by Crippen LogP contribution is 2.22. The number of rotatable bonds is 5. The van der Waals surface area contributed by atoms with Gasteiger partial charge >= 0.3 is 0 Å². The van der Waals surface area contributed by atoms with Gasteiger partial charge in [0.15, 0.2) is 0 Å². The van der Waals surface area contributed by atoms with E-state index in [-0.39, 0.29) is 0 Å². The third-order valence-corrected chi connectivity index (χ3v) is 3.48. The molecule has 2 nitrogen and oxygen atoms in total. The molecule has 0 saturated heterocycles. The Kier molecular flexibility index (Phi) is 5.67. The minimum atomic E-state index is 0.500. The molecule has 0 aromatic carbocycles. The average molecular weight is 296 g/mol. The van der Waals surface area contributed by atoms with Gasteiger partial charge in [-0.15, -0.1) is 0 Å². The number of thioether (sulfide) groups is 1. The van der Waals surface area contributed by atoms with Crippen LogP contribution in [0.25, 0.3) is 0 Å². The van der Waals surface area contributed by atoms with Gasteiger partial charge in [0.25, 0.3) is 0 Å². The van der Waals surface area contributed by atoms with E-state index in [1.807, 2.05) is 17.8 Å². The first-order valence-corrected chi connectivity index (χ1v) is 6.84. The lowest BCUT2D eigenvalue weighted by Gasteiger charge is -2.05. The second kappa shape index (κ2) is 6.53. The molecule has 0 fully saturated rings. The van der Waals surface area contributed by atoms with Gasteiger partial charge in [-0.2, -0.15) is 11.8 Å². The maximum atomic E-state index is 5.78. The molecule has 0 aliphatic heterocycles. The third kappa shape index (κ3) is 4.07. The number of hydrogen-bond acceptors (Lipinski definition) is 3. The van der Waals surface area contributed by atoms with Crippen LogP contribution >= 0.6 is 39.3 Å². The van der Waals surface area contributed by atoms with Crippen molar-refractivity contribution in [3.63, 3.8) is 0 Å². The Balaban J connectivity index is 2.39. The summed E-state index contributed by atoms with van der Waals surface area (Å²) in [7, 11) is 0. The van der Waals surface area contributed by atoms with E-state index >= 15 is 0 Å². The normalized spacial score (nSPS) is 10.2. The van der Waals surface area contributed by atoms with Crippen LogP contribution in [0.2, 0.25) is 5.15 Å². The molecule has 1 rings (SSSR count). The zero-order valence-electron chi connectivity index (χ0n) is 7.89. The van der Waals surface area contributed by atoms with Crippen molar-refractivity contribution in [1.82, 2.24) is 4.98 Å². The molecule has 0 spiro atoms. The number of nitrogens with one attached hydrogen (secondary N) is 1. The number of hydrogen-bond donors (Lipinski definition) is 1. The maximum absolute atomic E-state index is 5.78. The lowest BCUT2D eigenvalue weighted by molar-refractivity contribution is 0.990. The van der Waals surface area contributed by atoms with Gasteiger partial charge in [-0.05, 0) is 40.4 Å². The van der Waals surface area contributed by atoms with Crippen LogP contribution in [0.3, 0.4) is 0 Å². The smallest absolute Gasteiger partial charge is 0.143 e. The molecule has 0 aliphatic rings. The summed E-state index contributed by atoms with van der Waals surface area (Å²) in [5, 5.41) is 3.78. The largest absolute Gasteiger partial charge is 0.384 e. The third-order valence-electron chi connectivity index (χ3n) is 1.65. The highest BCUT2D eigenvalue weighted by atomic mass is 79.9. The molecule has 0 atom stereocenters. The fourth-order valence-electron chi connectivity index (χ4n) is 0.967. The molecule has 0 bridgehead atoms. The van der Waals surface area contributed by atoms with Crippen molar-refractivity contribution in [2.45, 2.75) is 6.42 Å². The van der Waals surface area contributed by atoms with E-state index < -0.39 is 0 Å². The molecule has 1 N–H and O–H groups in total. The molecular weight excluding hydrogens is 284 g/mol. The SMILES string of the molecule is CSCCCNc1cnc(Cl)c(Br)c1. The molecule has 0 saturated carbocycles. The minimum absolute atomic E-state index is 0.500. The summed E-state index contributed by atoms with van der Waals surface area (Å²) in [6.07, 6.45) is 5.01. The molecule has 78 valence electrons. The van der Waals surface area contributed by atoms with Gasteiger partial charge in [0, 0.05) is 6.54 Å². The van der Waals surface area contributed by atoms with E-state index in [0.717, 1.165) is 23.1 Å². The Hall–Kier alpha value is 0.0700. The molecule has 0 radical (unpaired) electrons. The van der Waals surface area contributed by atoms with Gasteiger partial charge in [-0.3, -0.25) is 0 Å². The number of pyridine rings is 1. The molecule has 1 heterocycles. The molecule has 14 heavy (non-hydrogen) atoms. The first-order valence-electron chi connectivity index (χ1n) is 4.28. The number of anilines is 1. The molecule has 0 aliphatic carbocycles. The lowest BCUT2D eigenvalue weighted by Crippen LogP contribution is -2.02. The van der Waals surface area contributed by atoms with Crippen LogP contribution in [0.4, 0.5) is 5.69 Å².